The Bertz CT molecular complexity index is 1070. The van der Waals surface area contributed by atoms with Crippen molar-refractivity contribution in [2.45, 2.75) is 37.0 Å². The Kier molecular flexibility index (Phi) is 8.10. The second-order valence-corrected chi connectivity index (χ2v) is 8.91. The number of carbonyl (C=O) groups is 1. The highest BCUT2D eigenvalue weighted by atomic mass is 32.2. The number of carbonyl (C=O) groups excluding carboxylic acids is 1. The van der Waals surface area contributed by atoms with E-state index in [4.69, 9.17) is 10.7 Å². The number of primary amides is 1. The topological polar surface area (TPSA) is 110 Å². The monoisotopic (exact) mass is 448 g/mol. The Morgan fingerprint density at radius 2 is 1.91 bits per heavy atom. The first kappa shape index (κ1) is 23.6. The van der Waals surface area contributed by atoms with Gasteiger partial charge in [-0.15, -0.1) is 11.8 Å². The van der Waals surface area contributed by atoms with Crippen molar-refractivity contribution in [1.82, 2.24) is 9.88 Å². The highest BCUT2D eigenvalue weighted by Gasteiger charge is 2.24. The van der Waals surface area contributed by atoms with Gasteiger partial charge in [0.25, 0.3) is 0 Å². The van der Waals surface area contributed by atoms with Crippen LogP contribution in [0.4, 0.5) is 5.82 Å². The third-order valence-electron chi connectivity index (χ3n) is 5.59. The van der Waals surface area contributed by atoms with Crippen LogP contribution in [-0.2, 0) is 23.4 Å². The molecular formula is C24H28N6OS. The maximum Gasteiger partial charge on any atom is 0.221 e. The molecule has 1 aliphatic rings. The Morgan fingerprint density at radius 3 is 2.59 bits per heavy atom. The van der Waals surface area contributed by atoms with E-state index < -0.39 is 0 Å². The second kappa shape index (κ2) is 11.0. The summed E-state index contributed by atoms with van der Waals surface area (Å²) in [6.07, 6.45) is 1.79. The molecule has 1 aromatic carbocycles. The average molecular weight is 449 g/mol. The molecular weight excluding hydrogens is 420 g/mol. The van der Waals surface area contributed by atoms with Crippen molar-refractivity contribution in [2.75, 3.05) is 38.1 Å². The van der Waals surface area contributed by atoms with Crippen LogP contribution in [0.25, 0.3) is 0 Å². The predicted molar refractivity (Wildman–Crippen MR) is 126 cm³/mol. The molecule has 0 atom stereocenters. The molecule has 7 nitrogen and oxygen atoms in total. The van der Waals surface area contributed by atoms with E-state index in [0.29, 0.717) is 34.1 Å². The van der Waals surface area contributed by atoms with E-state index in [0.717, 1.165) is 49.3 Å². The molecule has 1 aliphatic heterocycles. The largest absolute Gasteiger partial charge is 0.369 e. The van der Waals surface area contributed by atoms with Gasteiger partial charge in [-0.25, -0.2) is 4.98 Å². The lowest BCUT2D eigenvalue weighted by atomic mass is 10.0. The Hall–Kier alpha value is -3.07. The third kappa shape index (κ3) is 5.59. The Balaban J connectivity index is 1.95. The van der Waals surface area contributed by atoms with Crippen LogP contribution in [0.5, 0.6) is 0 Å². The lowest BCUT2D eigenvalue weighted by molar-refractivity contribution is -0.117. The quantitative estimate of drug-likeness (QED) is 0.649. The average Bonchev–Trinajstić information content (AvgIpc) is 3.00. The van der Waals surface area contributed by atoms with Gasteiger partial charge in [-0.3, -0.25) is 4.79 Å². The minimum absolute atomic E-state index is 0.199. The minimum Gasteiger partial charge on any atom is -0.369 e. The van der Waals surface area contributed by atoms with Crippen molar-refractivity contribution in [1.29, 1.82) is 10.5 Å². The maximum atomic E-state index is 11.2. The molecule has 0 bridgehead atoms. The first-order valence-electron chi connectivity index (χ1n) is 10.8. The number of rotatable bonds is 7. The minimum atomic E-state index is -0.365. The lowest BCUT2D eigenvalue weighted by Gasteiger charge is -2.25. The van der Waals surface area contributed by atoms with Gasteiger partial charge in [-0.2, -0.15) is 10.5 Å². The van der Waals surface area contributed by atoms with Crippen molar-refractivity contribution >= 4 is 23.5 Å². The normalized spacial score (nSPS) is 14.4. The Morgan fingerprint density at radius 1 is 1.16 bits per heavy atom. The van der Waals surface area contributed by atoms with Crippen LogP contribution >= 0.6 is 11.8 Å². The summed E-state index contributed by atoms with van der Waals surface area (Å²) in [7, 11) is 2.10. The molecule has 1 fully saturated rings. The molecule has 0 saturated carbocycles. The van der Waals surface area contributed by atoms with Gasteiger partial charge in [0, 0.05) is 25.4 Å². The molecule has 166 valence electrons. The number of nitrogens with two attached hydrogens (primary N) is 1. The van der Waals surface area contributed by atoms with Gasteiger partial charge in [-0.05, 0) is 43.1 Å². The molecule has 0 spiro atoms. The second-order valence-electron chi connectivity index (χ2n) is 7.94. The number of nitrogens with zero attached hydrogens (tertiary/aromatic N) is 5. The summed E-state index contributed by atoms with van der Waals surface area (Å²) in [4.78, 5) is 20.6. The number of thioether (sulfide) groups is 1. The summed E-state index contributed by atoms with van der Waals surface area (Å²) < 4.78 is 0. The van der Waals surface area contributed by atoms with Gasteiger partial charge in [-0.1, -0.05) is 31.2 Å². The summed E-state index contributed by atoms with van der Waals surface area (Å²) in [6, 6.07) is 12.3. The van der Waals surface area contributed by atoms with Gasteiger partial charge >= 0.3 is 0 Å². The van der Waals surface area contributed by atoms with Crippen LogP contribution < -0.4 is 10.6 Å². The van der Waals surface area contributed by atoms with Gasteiger partial charge in [0.15, 0.2) is 0 Å². The van der Waals surface area contributed by atoms with Crippen molar-refractivity contribution in [2.24, 2.45) is 5.73 Å². The fraction of sp³-hybridized carbons (Fsp3) is 0.417. The molecule has 1 saturated heterocycles. The van der Waals surface area contributed by atoms with E-state index in [1.165, 1.54) is 11.8 Å². The summed E-state index contributed by atoms with van der Waals surface area (Å²) in [5, 5.41) is 20.5. The number of benzene rings is 1. The smallest absolute Gasteiger partial charge is 0.221 e. The fourth-order valence-corrected chi connectivity index (χ4v) is 4.90. The number of aromatic nitrogens is 1. The number of nitriles is 2. The van der Waals surface area contributed by atoms with E-state index in [-0.39, 0.29) is 12.3 Å². The van der Waals surface area contributed by atoms with Crippen molar-refractivity contribution in [3.8, 4) is 12.1 Å². The first-order chi connectivity index (χ1) is 15.5. The van der Waals surface area contributed by atoms with Crippen LogP contribution in [0, 0.1) is 22.7 Å². The van der Waals surface area contributed by atoms with Gasteiger partial charge < -0.3 is 15.5 Å². The zero-order chi connectivity index (χ0) is 23.1. The lowest BCUT2D eigenvalue weighted by Crippen LogP contribution is -2.30. The number of likely N-dealkylation sites (N-methyl/N-ethyl adjacent to an activating group) is 1. The molecule has 1 amide bonds. The third-order valence-corrected chi connectivity index (χ3v) is 6.64. The van der Waals surface area contributed by atoms with Crippen LogP contribution in [0.1, 0.15) is 41.2 Å². The predicted octanol–water partition coefficient (Wildman–Crippen LogP) is 2.85. The summed E-state index contributed by atoms with van der Waals surface area (Å²) in [5.41, 5.74) is 8.98. The van der Waals surface area contributed by atoms with Gasteiger partial charge in [0.1, 0.15) is 23.0 Å². The molecule has 0 radical (unpaired) electrons. The highest BCUT2D eigenvalue weighted by Crippen LogP contribution is 2.33. The molecule has 2 N–H and O–H groups in total. The van der Waals surface area contributed by atoms with E-state index in [1.807, 2.05) is 31.2 Å². The summed E-state index contributed by atoms with van der Waals surface area (Å²) >= 11 is 1.49. The number of pyridine rings is 1. The van der Waals surface area contributed by atoms with E-state index in [9.17, 15) is 15.3 Å². The van der Waals surface area contributed by atoms with Crippen molar-refractivity contribution in [3.63, 3.8) is 0 Å². The molecule has 0 aliphatic carbocycles. The zero-order valence-electron chi connectivity index (χ0n) is 18.6. The number of hydrogen-bond acceptors (Lipinski definition) is 7. The maximum absolute atomic E-state index is 11.2. The van der Waals surface area contributed by atoms with E-state index in [2.05, 4.69) is 29.0 Å². The number of anilines is 1. The van der Waals surface area contributed by atoms with Crippen LogP contribution in [0.2, 0.25) is 0 Å². The highest BCUT2D eigenvalue weighted by molar-refractivity contribution is 7.98. The SMILES string of the molecule is CCc1c(C#N)c(SCc2cccc(CC(N)=O)c2)nc(N2CCCN(C)CC2)c1C#N. The van der Waals surface area contributed by atoms with E-state index >= 15 is 0 Å². The molecule has 2 aromatic rings. The fourth-order valence-electron chi connectivity index (χ4n) is 3.96. The van der Waals surface area contributed by atoms with E-state index in [1.54, 1.807) is 0 Å². The zero-order valence-corrected chi connectivity index (χ0v) is 19.4. The molecule has 32 heavy (non-hydrogen) atoms. The van der Waals surface area contributed by atoms with Crippen LogP contribution in [0.15, 0.2) is 29.3 Å². The first-order valence-corrected chi connectivity index (χ1v) is 11.7. The summed E-state index contributed by atoms with van der Waals surface area (Å²) in [6.45, 7) is 5.52. The number of hydrogen-bond donors (Lipinski definition) is 1. The Labute approximate surface area is 193 Å². The molecule has 0 unspecified atom stereocenters. The molecule has 1 aromatic heterocycles. The molecule has 8 heteroatoms. The number of amides is 1. The van der Waals surface area contributed by atoms with Crippen molar-refractivity contribution in [3.05, 3.63) is 52.1 Å². The molecule has 3 rings (SSSR count). The van der Waals surface area contributed by atoms with Gasteiger partial charge in [0.05, 0.1) is 17.5 Å². The van der Waals surface area contributed by atoms with Crippen molar-refractivity contribution < 1.29 is 4.79 Å². The van der Waals surface area contributed by atoms with Crippen LogP contribution in [0.3, 0.4) is 0 Å². The standard InChI is InChI=1S/C24H28N6OS/c1-3-19-20(14-25)23(30-9-5-8-29(2)10-11-30)28-24(21(19)15-26)32-16-18-7-4-6-17(12-18)13-22(27)31/h4,6-7,12H,3,5,8-11,13,16H2,1-2H3,(H2,27,31). The van der Waals surface area contributed by atoms with Gasteiger partial charge in [0.2, 0.25) is 5.91 Å². The summed E-state index contributed by atoms with van der Waals surface area (Å²) in [5.74, 6) is 0.921. The molecule has 2 heterocycles. The van der Waals surface area contributed by atoms with Crippen LogP contribution in [-0.4, -0.2) is 49.0 Å².